The Morgan fingerprint density at radius 1 is 1.13 bits per heavy atom. The largest absolute Gasteiger partial charge is 0.382 e. The molecule has 0 radical (unpaired) electrons. The van der Waals surface area contributed by atoms with Gasteiger partial charge in [0.15, 0.2) is 5.82 Å². The molecule has 0 aliphatic rings. The average molecular weight is 404 g/mol. The minimum absolute atomic E-state index is 0.178. The fourth-order valence-corrected chi connectivity index (χ4v) is 2.73. The molecule has 0 atom stereocenters. The second-order valence-electron chi connectivity index (χ2n) is 6.59. The molecule has 0 spiro atoms. The molecule has 154 valence electrons. The van der Waals surface area contributed by atoms with E-state index in [1.807, 2.05) is 36.4 Å². The number of hydrogen-bond donors (Lipinski definition) is 5. The van der Waals surface area contributed by atoms with Crippen molar-refractivity contribution in [2.75, 3.05) is 5.73 Å². The first-order chi connectivity index (χ1) is 14.4. The molecule has 30 heavy (non-hydrogen) atoms. The third-order valence-electron chi connectivity index (χ3n) is 4.24. The number of hydrogen-bond acceptors (Lipinski definition) is 8. The van der Waals surface area contributed by atoms with Gasteiger partial charge in [-0.2, -0.15) is 5.10 Å². The van der Waals surface area contributed by atoms with E-state index < -0.39 is 6.29 Å². The summed E-state index contributed by atoms with van der Waals surface area (Å²) >= 11 is 0. The molecule has 0 saturated carbocycles. The SMILES string of the molecule is C/C(=N\NC(N)N)c1nc(-c2cccc(C(=O)NCc3ccccc3)c2)cnc1N. The van der Waals surface area contributed by atoms with Crippen LogP contribution in [0.3, 0.4) is 0 Å². The lowest BCUT2D eigenvalue weighted by Crippen LogP contribution is -2.42. The molecule has 0 fully saturated rings. The quantitative estimate of drug-likeness (QED) is 0.225. The summed E-state index contributed by atoms with van der Waals surface area (Å²) in [6.07, 6.45) is 0.748. The van der Waals surface area contributed by atoms with E-state index in [1.165, 1.54) is 0 Å². The van der Waals surface area contributed by atoms with E-state index in [2.05, 4.69) is 25.8 Å². The molecule has 3 aromatic rings. The number of benzene rings is 2. The monoisotopic (exact) mass is 404 g/mol. The maximum atomic E-state index is 12.6. The second kappa shape index (κ2) is 9.59. The van der Waals surface area contributed by atoms with Crippen LogP contribution in [0.5, 0.6) is 0 Å². The minimum Gasteiger partial charge on any atom is -0.382 e. The number of aromatic nitrogens is 2. The molecule has 0 unspecified atom stereocenters. The van der Waals surface area contributed by atoms with E-state index in [0.717, 1.165) is 11.1 Å². The van der Waals surface area contributed by atoms with Gasteiger partial charge in [0.25, 0.3) is 5.91 Å². The van der Waals surface area contributed by atoms with Crippen LogP contribution in [0.2, 0.25) is 0 Å². The van der Waals surface area contributed by atoms with Gasteiger partial charge in [-0.05, 0) is 24.6 Å². The van der Waals surface area contributed by atoms with Gasteiger partial charge in [-0.15, -0.1) is 0 Å². The van der Waals surface area contributed by atoms with Crippen molar-refractivity contribution in [2.24, 2.45) is 16.6 Å². The van der Waals surface area contributed by atoms with Gasteiger partial charge in [0, 0.05) is 17.7 Å². The number of nitrogen functional groups attached to an aromatic ring is 1. The first-order valence-corrected chi connectivity index (χ1v) is 9.30. The molecule has 0 aliphatic carbocycles. The van der Waals surface area contributed by atoms with Crippen LogP contribution in [0, 0.1) is 0 Å². The first kappa shape index (κ1) is 20.9. The zero-order chi connectivity index (χ0) is 21.5. The minimum atomic E-state index is -0.802. The van der Waals surface area contributed by atoms with Crippen molar-refractivity contribution < 1.29 is 4.79 Å². The number of carbonyl (C=O) groups is 1. The van der Waals surface area contributed by atoms with Crippen LogP contribution in [-0.2, 0) is 6.54 Å². The van der Waals surface area contributed by atoms with Crippen molar-refractivity contribution in [3.63, 3.8) is 0 Å². The molecule has 1 heterocycles. The van der Waals surface area contributed by atoms with Crippen LogP contribution in [0.4, 0.5) is 5.82 Å². The lowest BCUT2D eigenvalue weighted by Gasteiger charge is -2.10. The van der Waals surface area contributed by atoms with E-state index in [4.69, 9.17) is 17.2 Å². The number of nitrogens with two attached hydrogens (primary N) is 3. The Hall–Kier alpha value is -3.82. The lowest BCUT2D eigenvalue weighted by atomic mass is 10.1. The van der Waals surface area contributed by atoms with E-state index in [1.54, 1.807) is 31.3 Å². The zero-order valence-electron chi connectivity index (χ0n) is 16.5. The summed E-state index contributed by atoms with van der Waals surface area (Å²) < 4.78 is 0. The first-order valence-electron chi connectivity index (χ1n) is 9.30. The summed E-state index contributed by atoms with van der Waals surface area (Å²) in [7, 11) is 0. The highest BCUT2D eigenvalue weighted by molar-refractivity contribution is 6.01. The Bertz CT molecular complexity index is 1050. The molecular weight excluding hydrogens is 380 g/mol. The van der Waals surface area contributed by atoms with Crippen LogP contribution in [0.1, 0.15) is 28.5 Å². The Morgan fingerprint density at radius 2 is 1.90 bits per heavy atom. The number of rotatable bonds is 7. The molecule has 0 bridgehead atoms. The Balaban J connectivity index is 1.80. The van der Waals surface area contributed by atoms with Crippen molar-refractivity contribution in [3.05, 3.63) is 77.6 Å². The van der Waals surface area contributed by atoms with Gasteiger partial charge in [0.2, 0.25) is 0 Å². The highest BCUT2D eigenvalue weighted by Gasteiger charge is 2.12. The third-order valence-corrected chi connectivity index (χ3v) is 4.24. The van der Waals surface area contributed by atoms with Crippen molar-refractivity contribution in [2.45, 2.75) is 19.8 Å². The van der Waals surface area contributed by atoms with Gasteiger partial charge in [-0.25, -0.2) is 9.97 Å². The number of nitrogens with zero attached hydrogens (tertiary/aromatic N) is 3. The van der Waals surface area contributed by atoms with Crippen LogP contribution in [-0.4, -0.2) is 27.9 Å². The molecule has 3 rings (SSSR count). The normalized spacial score (nSPS) is 11.4. The number of nitrogens with one attached hydrogen (secondary N) is 2. The molecule has 8 N–H and O–H groups in total. The zero-order valence-corrected chi connectivity index (χ0v) is 16.5. The van der Waals surface area contributed by atoms with Crippen LogP contribution >= 0.6 is 0 Å². The van der Waals surface area contributed by atoms with E-state index in [-0.39, 0.29) is 11.7 Å². The van der Waals surface area contributed by atoms with E-state index in [0.29, 0.717) is 29.2 Å². The molecule has 0 aliphatic heterocycles. The van der Waals surface area contributed by atoms with Crippen LogP contribution in [0.25, 0.3) is 11.3 Å². The topological polar surface area (TPSA) is 157 Å². The third kappa shape index (κ3) is 5.37. The van der Waals surface area contributed by atoms with Gasteiger partial charge in [0.1, 0.15) is 12.0 Å². The molecular formula is C21H24N8O. The fourth-order valence-electron chi connectivity index (χ4n) is 2.73. The molecule has 9 nitrogen and oxygen atoms in total. The van der Waals surface area contributed by atoms with Crippen molar-refractivity contribution in [3.8, 4) is 11.3 Å². The second-order valence-corrected chi connectivity index (χ2v) is 6.59. The van der Waals surface area contributed by atoms with Crippen molar-refractivity contribution >= 4 is 17.4 Å². The maximum absolute atomic E-state index is 12.6. The number of carbonyl (C=O) groups excluding carboxylic acids is 1. The fraction of sp³-hybridized carbons (Fsp3) is 0.143. The summed E-state index contributed by atoms with van der Waals surface area (Å²) in [6.45, 7) is 2.16. The molecule has 1 amide bonds. The van der Waals surface area contributed by atoms with Crippen LogP contribution < -0.4 is 27.9 Å². The van der Waals surface area contributed by atoms with Crippen molar-refractivity contribution in [1.82, 2.24) is 20.7 Å². The standard InChI is InChI=1S/C21H24N8O/c1-13(28-29-21(23)24)18-19(22)25-12-17(27-18)15-8-5-9-16(10-15)20(30)26-11-14-6-3-2-4-7-14/h2-10,12,21,29H,11,23-24H2,1H3,(H2,22,25)(H,26,30)/b28-13+. The van der Waals surface area contributed by atoms with Gasteiger partial charge in [0.05, 0.1) is 17.6 Å². The summed E-state index contributed by atoms with van der Waals surface area (Å²) in [5.41, 5.74) is 23.1. The molecule has 1 aromatic heterocycles. The van der Waals surface area contributed by atoms with Gasteiger partial charge >= 0.3 is 0 Å². The summed E-state index contributed by atoms with van der Waals surface area (Å²) in [5, 5.41) is 6.97. The van der Waals surface area contributed by atoms with E-state index in [9.17, 15) is 4.79 Å². The summed E-state index contributed by atoms with van der Waals surface area (Å²) in [5.74, 6) is 0.0485. The molecule has 9 heteroatoms. The number of anilines is 1. The van der Waals surface area contributed by atoms with Crippen LogP contribution in [0.15, 0.2) is 65.9 Å². The Morgan fingerprint density at radius 3 is 2.63 bits per heavy atom. The Labute approximate surface area is 174 Å². The number of amides is 1. The highest BCUT2D eigenvalue weighted by Crippen LogP contribution is 2.20. The maximum Gasteiger partial charge on any atom is 0.251 e. The van der Waals surface area contributed by atoms with E-state index >= 15 is 0 Å². The molecule has 0 saturated heterocycles. The van der Waals surface area contributed by atoms with Gasteiger partial charge in [-0.1, -0.05) is 42.5 Å². The molecule has 2 aromatic carbocycles. The smallest absolute Gasteiger partial charge is 0.251 e. The lowest BCUT2D eigenvalue weighted by molar-refractivity contribution is 0.0951. The Kier molecular flexibility index (Phi) is 6.68. The highest BCUT2D eigenvalue weighted by atomic mass is 16.1. The number of hydrazone groups is 1. The summed E-state index contributed by atoms with van der Waals surface area (Å²) in [4.78, 5) is 21.3. The predicted octanol–water partition coefficient (Wildman–Crippen LogP) is 1.17. The summed E-state index contributed by atoms with van der Waals surface area (Å²) in [6, 6.07) is 16.8. The predicted molar refractivity (Wildman–Crippen MR) is 117 cm³/mol. The van der Waals surface area contributed by atoms with Gasteiger partial charge in [-0.3, -0.25) is 21.7 Å². The average Bonchev–Trinajstić information content (AvgIpc) is 2.77. The van der Waals surface area contributed by atoms with Crippen molar-refractivity contribution in [1.29, 1.82) is 0 Å². The van der Waals surface area contributed by atoms with Gasteiger partial charge < -0.3 is 11.1 Å².